The first-order valence-corrected chi connectivity index (χ1v) is 6.42. The Kier molecular flexibility index (Phi) is 4.54. The number of hydrogen-bond acceptors (Lipinski definition) is 4. The summed E-state index contributed by atoms with van der Waals surface area (Å²) in [6.45, 7) is 2.78. The molecule has 3 N–H and O–H groups in total. The number of nitrogens with one attached hydrogen (secondary N) is 1. The van der Waals surface area contributed by atoms with Gasteiger partial charge in [0.05, 0.1) is 30.9 Å². The number of benzene rings is 1. The molecule has 0 amide bonds. The molecule has 1 atom stereocenters. The molecule has 5 nitrogen and oxygen atoms in total. The molecule has 0 aliphatic rings. The van der Waals surface area contributed by atoms with Crippen LogP contribution in [0.15, 0.2) is 36.8 Å². The maximum Gasteiger partial charge on any atom is 0.124 e. The highest BCUT2D eigenvalue weighted by molar-refractivity contribution is 5.39. The number of rotatable bonds is 6. The minimum absolute atomic E-state index is 0.138. The van der Waals surface area contributed by atoms with E-state index in [1.54, 1.807) is 12.5 Å². The van der Waals surface area contributed by atoms with Crippen molar-refractivity contribution in [2.75, 3.05) is 6.61 Å². The van der Waals surface area contributed by atoms with Crippen molar-refractivity contribution in [2.45, 2.75) is 19.4 Å². The maximum absolute atomic E-state index is 5.78. The van der Waals surface area contributed by atoms with E-state index < -0.39 is 0 Å². The summed E-state index contributed by atoms with van der Waals surface area (Å²) in [5, 5.41) is 0. The summed E-state index contributed by atoms with van der Waals surface area (Å²) >= 11 is 0. The number of hydrogen-bond donors (Lipinski definition) is 2. The molecule has 0 bridgehead atoms. The van der Waals surface area contributed by atoms with Crippen LogP contribution in [-0.4, -0.2) is 16.2 Å². The van der Waals surface area contributed by atoms with Gasteiger partial charge in [-0.2, -0.15) is 0 Å². The summed E-state index contributed by atoms with van der Waals surface area (Å²) in [7, 11) is 1.95. The van der Waals surface area contributed by atoms with Crippen molar-refractivity contribution in [3.8, 4) is 5.75 Å². The molecule has 0 saturated carbocycles. The van der Waals surface area contributed by atoms with Crippen LogP contribution >= 0.6 is 0 Å². The minimum Gasteiger partial charge on any atom is -0.493 e. The Hall–Kier alpha value is -1.85. The van der Waals surface area contributed by atoms with Crippen molar-refractivity contribution < 1.29 is 4.74 Å². The van der Waals surface area contributed by atoms with Gasteiger partial charge >= 0.3 is 0 Å². The lowest BCUT2D eigenvalue weighted by Gasteiger charge is -2.20. The average Bonchev–Trinajstić information content (AvgIpc) is 2.85. The van der Waals surface area contributed by atoms with Crippen molar-refractivity contribution in [3.05, 3.63) is 48.0 Å². The molecule has 1 heterocycles. The van der Waals surface area contributed by atoms with E-state index in [0.29, 0.717) is 6.61 Å². The molecule has 102 valence electrons. The number of nitrogens with zero attached hydrogens (tertiary/aromatic N) is 2. The van der Waals surface area contributed by atoms with Crippen molar-refractivity contribution in [3.63, 3.8) is 0 Å². The van der Waals surface area contributed by atoms with E-state index >= 15 is 0 Å². The molecule has 1 aromatic carbocycles. The van der Waals surface area contributed by atoms with Crippen molar-refractivity contribution in [1.29, 1.82) is 0 Å². The van der Waals surface area contributed by atoms with Crippen LogP contribution in [0, 0.1) is 0 Å². The molecule has 0 aliphatic heterocycles. The minimum atomic E-state index is -0.138. The second-order valence-corrected chi connectivity index (χ2v) is 4.42. The third-order valence-corrected chi connectivity index (χ3v) is 3.01. The van der Waals surface area contributed by atoms with Gasteiger partial charge in [-0.25, -0.2) is 10.4 Å². The van der Waals surface area contributed by atoms with Crippen LogP contribution in [0.5, 0.6) is 5.75 Å². The van der Waals surface area contributed by atoms with Crippen LogP contribution < -0.4 is 16.0 Å². The molecular formula is C14H20N4O. The Bertz CT molecular complexity index is 524. The van der Waals surface area contributed by atoms with Crippen LogP contribution in [0.4, 0.5) is 0 Å². The van der Waals surface area contributed by atoms with Gasteiger partial charge in [0.1, 0.15) is 5.75 Å². The summed E-state index contributed by atoms with van der Waals surface area (Å²) in [5.41, 5.74) is 4.85. The van der Waals surface area contributed by atoms with Crippen LogP contribution in [-0.2, 0) is 7.05 Å². The van der Waals surface area contributed by atoms with Gasteiger partial charge in [-0.05, 0) is 12.5 Å². The number of ether oxygens (including phenoxy) is 1. The summed E-state index contributed by atoms with van der Waals surface area (Å²) in [4.78, 5) is 4.13. The Morgan fingerprint density at radius 3 is 2.84 bits per heavy atom. The molecule has 1 aromatic heterocycles. The number of nitrogens with two attached hydrogens (primary N) is 1. The predicted molar refractivity (Wildman–Crippen MR) is 74.6 cm³/mol. The van der Waals surface area contributed by atoms with Gasteiger partial charge in [0, 0.05) is 12.6 Å². The van der Waals surface area contributed by atoms with E-state index in [-0.39, 0.29) is 6.04 Å². The first-order valence-electron chi connectivity index (χ1n) is 6.42. The normalized spacial score (nSPS) is 12.4. The number of aryl methyl sites for hydroxylation is 1. The van der Waals surface area contributed by atoms with Gasteiger partial charge < -0.3 is 9.30 Å². The molecule has 1 unspecified atom stereocenters. The lowest BCUT2D eigenvalue weighted by atomic mass is 10.0. The fourth-order valence-corrected chi connectivity index (χ4v) is 2.04. The average molecular weight is 260 g/mol. The van der Waals surface area contributed by atoms with E-state index in [9.17, 15) is 0 Å². The van der Waals surface area contributed by atoms with Gasteiger partial charge in [0.15, 0.2) is 0 Å². The Morgan fingerprint density at radius 1 is 1.42 bits per heavy atom. The Labute approximate surface area is 113 Å². The smallest absolute Gasteiger partial charge is 0.124 e. The van der Waals surface area contributed by atoms with Gasteiger partial charge in [-0.1, -0.05) is 25.1 Å². The highest BCUT2D eigenvalue weighted by Gasteiger charge is 2.19. The van der Waals surface area contributed by atoms with Gasteiger partial charge in [0.2, 0.25) is 0 Å². The van der Waals surface area contributed by atoms with Crippen LogP contribution in [0.25, 0.3) is 0 Å². The SMILES string of the molecule is CCCOc1ccccc1C(NN)c1cncn1C. The van der Waals surface area contributed by atoms with Crippen molar-refractivity contribution in [1.82, 2.24) is 15.0 Å². The molecule has 19 heavy (non-hydrogen) atoms. The summed E-state index contributed by atoms with van der Waals surface area (Å²) < 4.78 is 7.73. The largest absolute Gasteiger partial charge is 0.493 e. The first-order chi connectivity index (χ1) is 9.27. The molecule has 2 rings (SSSR count). The van der Waals surface area contributed by atoms with Crippen molar-refractivity contribution >= 4 is 0 Å². The molecule has 0 radical (unpaired) electrons. The molecule has 0 saturated heterocycles. The summed E-state index contributed by atoms with van der Waals surface area (Å²) in [6.07, 6.45) is 4.54. The van der Waals surface area contributed by atoms with Crippen LogP contribution in [0.3, 0.4) is 0 Å². The van der Waals surface area contributed by atoms with E-state index in [1.165, 1.54) is 0 Å². The number of aromatic nitrogens is 2. The lowest BCUT2D eigenvalue weighted by molar-refractivity contribution is 0.311. The fraction of sp³-hybridized carbons (Fsp3) is 0.357. The number of imidazole rings is 1. The lowest BCUT2D eigenvalue weighted by Crippen LogP contribution is -2.30. The highest BCUT2D eigenvalue weighted by Crippen LogP contribution is 2.29. The standard InChI is InChI=1S/C14H20N4O/c1-3-8-19-13-7-5-4-6-11(13)14(17-15)12-9-16-10-18(12)2/h4-7,9-10,14,17H,3,8,15H2,1-2H3. The molecule has 5 heteroatoms. The van der Waals surface area contributed by atoms with Crippen molar-refractivity contribution in [2.24, 2.45) is 12.9 Å². The highest BCUT2D eigenvalue weighted by atomic mass is 16.5. The topological polar surface area (TPSA) is 65.1 Å². The fourth-order valence-electron chi connectivity index (χ4n) is 2.04. The third-order valence-electron chi connectivity index (χ3n) is 3.01. The van der Waals surface area contributed by atoms with E-state index in [0.717, 1.165) is 23.4 Å². The second-order valence-electron chi connectivity index (χ2n) is 4.42. The number of para-hydroxylation sites is 1. The van der Waals surface area contributed by atoms with Crippen LogP contribution in [0.2, 0.25) is 0 Å². The molecule has 0 spiro atoms. The molecule has 2 aromatic rings. The molecule has 0 aliphatic carbocycles. The zero-order chi connectivity index (χ0) is 13.7. The summed E-state index contributed by atoms with van der Waals surface area (Å²) in [5.74, 6) is 6.57. The first kappa shape index (κ1) is 13.6. The number of hydrazine groups is 1. The van der Waals surface area contributed by atoms with E-state index in [1.807, 2.05) is 35.9 Å². The second kappa shape index (κ2) is 6.36. The maximum atomic E-state index is 5.78. The molecular weight excluding hydrogens is 240 g/mol. The monoisotopic (exact) mass is 260 g/mol. The van der Waals surface area contributed by atoms with E-state index in [4.69, 9.17) is 10.6 Å². The summed E-state index contributed by atoms with van der Waals surface area (Å²) in [6, 6.07) is 7.79. The third kappa shape index (κ3) is 2.94. The van der Waals surface area contributed by atoms with Gasteiger partial charge in [-0.3, -0.25) is 5.84 Å². The zero-order valence-electron chi connectivity index (χ0n) is 11.3. The van der Waals surface area contributed by atoms with E-state index in [2.05, 4.69) is 17.3 Å². The Morgan fingerprint density at radius 2 is 2.21 bits per heavy atom. The Balaban J connectivity index is 2.35. The van der Waals surface area contributed by atoms with Gasteiger partial charge in [0.25, 0.3) is 0 Å². The zero-order valence-corrected chi connectivity index (χ0v) is 11.3. The van der Waals surface area contributed by atoms with Crippen LogP contribution in [0.1, 0.15) is 30.6 Å². The molecule has 0 fully saturated rings. The van der Waals surface area contributed by atoms with Gasteiger partial charge in [-0.15, -0.1) is 0 Å². The quantitative estimate of drug-likeness (QED) is 0.613. The predicted octanol–water partition coefficient (Wildman–Crippen LogP) is 1.76.